The molecule has 1 aliphatic carbocycles. The summed E-state index contributed by atoms with van der Waals surface area (Å²) in [6.45, 7) is 0. The molecule has 0 bridgehead atoms. The monoisotopic (exact) mass is 346 g/mol. The van der Waals surface area contributed by atoms with Gasteiger partial charge >= 0.3 is 5.97 Å². The first-order valence-corrected chi connectivity index (χ1v) is 7.72. The van der Waals surface area contributed by atoms with Crippen LogP contribution in [-0.2, 0) is 6.42 Å². The third-order valence-electron chi connectivity index (χ3n) is 3.77. The highest BCUT2D eigenvalue weighted by Crippen LogP contribution is 2.36. The van der Waals surface area contributed by atoms with Crippen LogP contribution in [-0.4, -0.2) is 11.1 Å². The van der Waals surface area contributed by atoms with E-state index < -0.39 is 5.97 Å². The summed E-state index contributed by atoms with van der Waals surface area (Å²) in [7, 11) is 0. The first-order valence-electron chi connectivity index (χ1n) is 6.93. The van der Waals surface area contributed by atoms with Crippen LogP contribution in [0.1, 0.15) is 40.4 Å². The zero-order chi connectivity index (χ0) is 14.8. The molecular weight excluding hydrogens is 332 g/mol. The SMILES string of the molecule is O=C(O)c1c(Br)cccc1OC1CCCc2ccccc21. The number of hydrogen-bond acceptors (Lipinski definition) is 2. The van der Waals surface area contributed by atoms with Crippen LogP contribution >= 0.6 is 15.9 Å². The minimum Gasteiger partial charge on any atom is -0.485 e. The molecule has 0 amide bonds. The van der Waals surface area contributed by atoms with Crippen molar-refractivity contribution in [1.29, 1.82) is 0 Å². The zero-order valence-corrected chi connectivity index (χ0v) is 13.0. The van der Waals surface area contributed by atoms with E-state index in [1.807, 2.05) is 12.1 Å². The number of rotatable bonds is 3. The second kappa shape index (κ2) is 5.90. The lowest BCUT2D eigenvalue weighted by Gasteiger charge is -2.27. The van der Waals surface area contributed by atoms with Crippen molar-refractivity contribution in [2.24, 2.45) is 0 Å². The number of aryl methyl sites for hydroxylation is 1. The van der Waals surface area contributed by atoms with Crippen LogP contribution < -0.4 is 4.74 Å². The molecule has 0 fully saturated rings. The van der Waals surface area contributed by atoms with Gasteiger partial charge in [0, 0.05) is 4.47 Å². The summed E-state index contributed by atoms with van der Waals surface area (Å²) < 4.78 is 6.58. The highest BCUT2D eigenvalue weighted by molar-refractivity contribution is 9.10. The Bertz CT molecular complexity index is 681. The average Bonchev–Trinajstić information content (AvgIpc) is 2.47. The summed E-state index contributed by atoms with van der Waals surface area (Å²) in [5.41, 5.74) is 2.64. The molecule has 2 aromatic rings. The van der Waals surface area contributed by atoms with E-state index >= 15 is 0 Å². The van der Waals surface area contributed by atoms with E-state index in [2.05, 4.69) is 28.1 Å². The molecule has 0 radical (unpaired) electrons. The Morgan fingerprint density at radius 3 is 2.81 bits per heavy atom. The lowest BCUT2D eigenvalue weighted by Crippen LogP contribution is -2.16. The molecule has 21 heavy (non-hydrogen) atoms. The van der Waals surface area contributed by atoms with Gasteiger partial charge in [-0.2, -0.15) is 0 Å². The first kappa shape index (κ1) is 14.1. The number of carbonyl (C=O) groups is 1. The van der Waals surface area contributed by atoms with Gasteiger partial charge in [0.25, 0.3) is 0 Å². The van der Waals surface area contributed by atoms with Gasteiger partial charge in [-0.25, -0.2) is 4.79 Å². The molecule has 4 heteroatoms. The Morgan fingerprint density at radius 1 is 1.19 bits per heavy atom. The lowest BCUT2D eigenvalue weighted by molar-refractivity contribution is 0.0686. The summed E-state index contributed by atoms with van der Waals surface area (Å²) >= 11 is 3.28. The smallest absolute Gasteiger partial charge is 0.340 e. The van der Waals surface area contributed by atoms with E-state index in [-0.39, 0.29) is 11.7 Å². The molecule has 0 saturated carbocycles. The first-order chi connectivity index (χ1) is 10.2. The Kier molecular flexibility index (Phi) is 3.97. The number of benzene rings is 2. The maximum absolute atomic E-state index is 11.4. The van der Waals surface area contributed by atoms with E-state index in [4.69, 9.17) is 4.74 Å². The fraction of sp³-hybridized carbons (Fsp3) is 0.235. The van der Waals surface area contributed by atoms with E-state index in [0.29, 0.717) is 10.2 Å². The van der Waals surface area contributed by atoms with Crippen molar-refractivity contribution >= 4 is 21.9 Å². The number of carboxylic acids is 1. The summed E-state index contributed by atoms with van der Waals surface area (Å²) in [6.07, 6.45) is 2.93. The normalized spacial score (nSPS) is 17.1. The third-order valence-corrected chi connectivity index (χ3v) is 4.43. The molecule has 3 nitrogen and oxygen atoms in total. The van der Waals surface area contributed by atoms with Crippen LogP contribution in [0.5, 0.6) is 5.75 Å². The van der Waals surface area contributed by atoms with Crippen molar-refractivity contribution in [3.8, 4) is 5.75 Å². The third kappa shape index (κ3) is 2.81. The maximum atomic E-state index is 11.4. The van der Waals surface area contributed by atoms with Crippen molar-refractivity contribution in [3.63, 3.8) is 0 Å². The number of ether oxygens (including phenoxy) is 1. The Labute approximate surface area is 131 Å². The van der Waals surface area contributed by atoms with Gasteiger partial charge in [0.15, 0.2) is 0 Å². The number of hydrogen-bond donors (Lipinski definition) is 1. The van der Waals surface area contributed by atoms with Gasteiger partial charge in [0.2, 0.25) is 0 Å². The van der Waals surface area contributed by atoms with Crippen LogP contribution in [0.15, 0.2) is 46.9 Å². The van der Waals surface area contributed by atoms with Crippen molar-refractivity contribution in [1.82, 2.24) is 0 Å². The Hall–Kier alpha value is -1.81. The van der Waals surface area contributed by atoms with Gasteiger partial charge < -0.3 is 9.84 Å². The lowest BCUT2D eigenvalue weighted by atomic mass is 9.89. The number of halogens is 1. The van der Waals surface area contributed by atoms with Gasteiger partial charge in [-0.15, -0.1) is 0 Å². The van der Waals surface area contributed by atoms with E-state index in [9.17, 15) is 9.90 Å². The average molecular weight is 347 g/mol. The Balaban J connectivity index is 1.96. The molecule has 1 aliphatic rings. The zero-order valence-electron chi connectivity index (χ0n) is 11.4. The standard InChI is InChI=1S/C17H15BrO3/c18-13-8-4-10-15(16(13)17(19)20)21-14-9-3-6-11-5-1-2-7-12(11)14/h1-2,4-5,7-8,10,14H,3,6,9H2,(H,19,20). The molecule has 3 rings (SSSR count). The number of aromatic carboxylic acids is 1. The van der Waals surface area contributed by atoms with Crippen molar-refractivity contribution in [2.45, 2.75) is 25.4 Å². The summed E-state index contributed by atoms with van der Waals surface area (Å²) in [5, 5.41) is 9.36. The molecule has 0 aliphatic heterocycles. The highest BCUT2D eigenvalue weighted by atomic mass is 79.9. The van der Waals surface area contributed by atoms with Crippen LogP contribution in [0.4, 0.5) is 0 Å². The second-order valence-corrected chi connectivity index (χ2v) is 5.97. The van der Waals surface area contributed by atoms with Gasteiger partial charge in [0.1, 0.15) is 17.4 Å². The van der Waals surface area contributed by atoms with Crippen LogP contribution in [0.25, 0.3) is 0 Å². The van der Waals surface area contributed by atoms with Gasteiger partial charge in [-0.1, -0.05) is 30.3 Å². The molecule has 1 atom stereocenters. The van der Waals surface area contributed by atoms with Crippen molar-refractivity contribution in [3.05, 3.63) is 63.6 Å². The number of carboxylic acid groups (broad SMARTS) is 1. The summed E-state index contributed by atoms with van der Waals surface area (Å²) in [5.74, 6) is -0.569. The fourth-order valence-electron chi connectivity index (χ4n) is 2.80. The van der Waals surface area contributed by atoms with E-state index in [1.165, 1.54) is 11.1 Å². The molecular formula is C17H15BrO3. The van der Waals surface area contributed by atoms with Crippen molar-refractivity contribution < 1.29 is 14.6 Å². The van der Waals surface area contributed by atoms with Gasteiger partial charge in [-0.05, 0) is 58.5 Å². The van der Waals surface area contributed by atoms with Gasteiger partial charge in [0.05, 0.1) is 0 Å². The Morgan fingerprint density at radius 2 is 2.00 bits per heavy atom. The van der Waals surface area contributed by atoms with Crippen LogP contribution in [0.3, 0.4) is 0 Å². The predicted octanol–water partition coefficient (Wildman–Crippen LogP) is 4.60. The van der Waals surface area contributed by atoms with Crippen molar-refractivity contribution in [2.75, 3.05) is 0 Å². The summed E-state index contributed by atoms with van der Waals surface area (Å²) in [4.78, 5) is 11.4. The number of fused-ring (bicyclic) bond motifs is 1. The van der Waals surface area contributed by atoms with Gasteiger partial charge in [-0.3, -0.25) is 0 Å². The minimum absolute atomic E-state index is 0.0812. The fourth-order valence-corrected chi connectivity index (χ4v) is 3.31. The molecule has 0 aromatic heterocycles. The van der Waals surface area contributed by atoms with E-state index in [1.54, 1.807) is 18.2 Å². The maximum Gasteiger partial charge on any atom is 0.340 e. The van der Waals surface area contributed by atoms with Crippen LogP contribution in [0.2, 0.25) is 0 Å². The molecule has 0 saturated heterocycles. The molecule has 0 heterocycles. The quantitative estimate of drug-likeness (QED) is 0.882. The largest absolute Gasteiger partial charge is 0.485 e. The van der Waals surface area contributed by atoms with Crippen LogP contribution in [0, 0.1) is 0 Å². The highest BCUT2D eigenvalue weighted by Gasteiger charge is 2.24. The topological polar surface area (TPSA) is 46.5 Å². The van der Waals surface area contributed by atoms with E-state index in [0.717, 1.165) is 19.3 Å². The predicted molar refractivity (Wildman–Crippen MR) is 83.9 cm³/mol. The molecule has 0 spiro atoms. The molecule has 108 valence electrons. The summed E-state index contributed by atoms with van der Waals surface area (Å²) in [6, 6.07) is 13.4. The second-order valence-electron chi connectivity index (χ2n) is 5.12. The molecule has 2 aromatic carbocycles. The molecule has 1 N–H and O–H groups in total. The molecule has 1 unspecified atom stereocenters. The minimum atomic E-state index is -0.985.